The monoisotopic (exact) mass is 248 g/mol. The Morgan fingerprint density at radius 3 is 2.39 bits per heavy atom. The van der Waals surface area contributed by atoms with E-state index >= 15 is 0 Å². The Balaban J connectivity index is 2.72. The number of hydrogen-bond donors (Lipinski definition) is 0. The third-order valence-electron chi connectivity index (χ3n) is 2.18. The molecule has 1 aromatic carbocycles. The van der Waals surface area contributed by atoms with Crippen LogP contribution in [0.1, 0.15) is 26.2 Å². The number of esters is 2. The Hall–Kier alpha value is -2.10. The molecule has 0 atom stereocenters. The van der Waals surface area contributed by atoms with Gasteiger partial charge in [0.1, 0.15) is 0 Å². The van der Waals surface area contributed by atoms with Crippen molar-refractivity contribution in [3.05, 3.63) is 36.9 Å². The zero-order valence-electron chi connectivity index (χ0n) is 10.3. The standard InChI is InChI=1S/C14H16O4/c1-3-5-10-14(16)18-12-9-7-6-8-11(12)17-13(15)4-2/h4,6-9H,2-3,5,10H2,1H3. The van der Waals surface area contributed by atoms with Gasteiger partial charge in [0.15, 0.2) is 11.5 Å². The Kier molecular flexibility index (Phi) is 5.64. The molecule has 1 aromatic rings. The molecule has 0 aliphatic carbocycles. The lowest BCUT2D eigenvalue weighted by molar-refractivity contribution is -0.135. The first-order valence-electron chi connectivity index (χ1n) is 5.81. The van der Waals surface area contributed by atoms with Crippen molar-refractivity contribution in [2.24, 2.45) is 0 Å². The van der Waals surface area contributed by atoms with Crippen molar-refractivity contribution in [3.8, 4) is 11.5 Å². The Morgan fingerprint density at radius 2 is 1.83 bits per heavy atom. The highest BCUT2D eigenvalue weighted by molar-refractivity contribution is 5.84. The van der Waals surface area contributed by atoms with Gasteiger partial charge in [-0.15, -0.1) is 0 Å². The highest BCUT2D eigenvalue weighted by Crippen LogP contribution is 2.27. The van der Waals surface area contributed by atoms with Gasteiger partial charge < -0.3 is 9.47 Å². The van der Waals surface area contributed by atoms with Crippen LogP contribution in [-0.4, -0.2) is 11.9 Å². The number of carbonyl (C=O) groups excluding carboxylic acids is 2. The third kappa shape index (κ3) is 4.41. The van der Waals surface area contributed by atoms with Gasteiger partial charge in [-0.05, 0) is 18.6 Å². The van der Waals surface area contributed by atoms with E-state index in [9.17, 15) is 9.59 Å². The van der Waals surface area contributed by atoms with Crippen LogP contribution in [0.3, 0.4) is 0 Å². The van der Waals surface area contributed by atoms with Gasteiger partial charge in [0.25, 0.3) is 0 Å². The van der Waals surface area contributed by atoms with Gasteiger partial charge in [0.05, 0.1) is 0 Å². The van der Waals surface area contributed by atoms with E-state index in [1.54, 1.807) is 24.3 Å². The Labute approximate surface area is 106 Å². The molecule has 0 amide bonds. The molecule has 0 aliphatic rings. The van der Waals surface area contributed by atoms with Crippen LogP contribution in [0.4, 0.5) is 0 Å². The second-order valence-corrected chi connectivity index (χ2v) is 3.65. The Morgan fingerprint density at radius 1 is 1.22 bits per heavy atom. The van der Waals surface area contributed by atoms with E-state index in [-0.39, 0.29) is 17.5 Å². The first-order valence-corrected chi connectivity index (χ1v) is 5.81. The molecule has 96 valence electrons. The topological polar surface area (TPSA) is 52.6 Å². The van der Waals surface area contributed by atoms with Gasteiger partial charge >= 0.3 is 11.9 Å². The molecular formula is C14H16O4. The van der Waals surface area contributed by atoms with Crippen molar-refractivity contribution < 1.29 is 19.1 Å². The van der Waals surface area contributed by atoms with E-state index in [0.717, 1.165) is 18.9 Å². The van der Waals surface area contributed by atoms with Crippen LogP contribution in [0.5, 0.6) is 11.5 Å². The van der Waals surface area contributed by atoms with Crippen molar-refractivity contribution in [1.29, 1.82) is 0 Å². The van der Waals surface area contributed by atoms with Crippen LogP contribution in [0.25, 0.3) is 0 Å². The lowest BCUT2D eigenvalue weighted by Gasteiger charge is -2.08. The van der Waals surface area contributed by atoms with Crippen LogP contribution in [0, 0.1) is 0 Å². The number of hydrogen-bond acceptors (Lipinski definition) is 4. The van der Waals surface area contributed by atoms with Crippen LogP contribution in [0.15, 0.2) is 36.9 Å². The molecule has 0 saturated carbocycles. The fourth-order valence-corrected chi connectivity index (χ4v) is 1.26. The van der Waals surface area contributed by atoms with Gasteiger partial charge in [-0.2, -0.15) is 0 Å². The van der Waals surface area contributed by atoms with E-state index in [0.29, 0.717) is 6.42 Å². The summed E-state index contributed by atoms with van der Waals surface area (Å²) >= 11 is 0. The SMILES string of the molecule is C=CC(=O)Oc1ccccc1OC(=O)CCCC. The van der Waals surface area contributed by atoms with Crippen molar-refractivity contribution in [1.82, 2.24) is 0 Å². The fraction of sp³-hybridized carbons (Fsp3) is 0.286. The van der Waals surface area contributed by atoms with Crippen molar-refractivity contribution in [3.63, 3.8) is 0 Å². The van der Waals surface area contributed by atoms with E-state index in [1.807, 2.05) is 6.92 Å². The molecule has 0 unspecified atom stereocenters. The Bertz CT molecular complexity index is 437. The minimum absolute atomic E-state index is 0.215. The van der Waals surface area contributed by atoms with Crippen LogP contribution in [0.2, 0.25) is 0 Å². The van der Waals surface area contributed by atoms with E-state index in [4.69, 9.17) is 9.47 Å². The molecule has 4 heteroatoms. The highest BCUT2D eigenvalue weighted by Gasteiger charge is 2.11. The van der Waals surface area contributed by atoms with E-state index in [1.165, 1.54) is 0 Å². The van der Waals surface area contributed by atoms with Crippen molar-refractivity contribution in [2.45, 2.75) is 26.2 Å². The first kappa shape index (κ1) is 14.0. The summed E-state index contributed by atoms with van der Waals surface area (Å²) < 4.78 is 10.1. The van der Waals surface area contributed by atoms with E-state index in [2.05, 4.69) is 6.58 Å². The van der Waals surface area contributed by atoms with Crippen LogP contribution in [-0.2, 0) is 9.59 Å². The largest absolute Gasteiger partial charge is 0.423 e. The predicted octanol–water partition coefficient (Wildman–Crippen LogP) is 2.87. The molecule has 0 saturated heterocycles. The maximum absolute atomic E-state index is 11.5. The van der Waals surface area contributed by atoms with Crippen molar-refractivity contribution >= 4 is 11.9 Å². The quantitative estimate of drug-likeness (QED) is 0.441. The number of para-hydroxylation sites is 2. The molecule has 0 fully saturated rings. The zero-order chi connectivity index (χ0) is 13.4. The second kappa shape index (κ2) is 7.27. The number of unbranched alkanes of at least 4 members (excludes halogenated alkanes) is 1. The summed E-state index contributed by atoms with van der Waals surface area (Å²) in [5.74, 6) is -0.466. The molecule has 18 heavy (non-hydrogen) atoms. The molecule has 0 spiro atoms. The minimum atomic E-state index is -0.591. The molecule has 0 heterocycles. The summed E-state index contributed by atoms with van der Waals surface area (Å²) in [7, 11) is 0. The molecule has 0 aromatic heterocycles. The first-order chi connectivity index (χ1) is 8.67. The van der Waals surface area contributed by atoms with Crippen LogP contribution < -0.4 is 9.47 Å². The predicted molar refractivity (Wildman–Crippen MR) is 67.4 cm³/mol. The normalized spacial score (nSPS) is 9.61. The summed E-state index contributed by atoms with van der Waals surface area (Å²) in [5.41, 5.74) is 0. The molecular weight excluding hydrogens is 232 g/mol. The fourth-order valence-electron chi connectivity index (χ4n) is 1.26. The molecule has 1 rings (SSSR count). The molecule has 4 nitrogen and oxygen atoms in total. The van der Waals surface area contributed by atoms with Crippen molar-refractivity contribution in [2.75, 3.05) is 0 Å². The van der Waals surface area contributed by atoms with Gasteiger partial charge in [0, 0.05) is 12.5 Å². The lowest BCUT2D eigenvalue weighted by Crippen LogP contribution is -2.10. The molecule has 0 bridgehead atoms. The molecule has 0 radical (unpaired) electrons. The average molecular weight is 248 g/mol. The summed E-state index contributed by atoms with van der Waals surface area (Å²) in [6, 6.07) is 6.53. The number of rotatable bonds is 6. The smallest absolute Gasteiger partial charge is 0.335 e. The number of carbonyl (C=O) groups is 2. The maximum atomic E-state index is 11.5. The van der Waals surface area contributed by atoms with Crippen LogP contribution >= 0.6 is 0 Å². The van der Waals surface area contributed by atoms with E-state index < -0.39 is 5.97 Å². The van der Waals surface area contributed by atoms with Gasteiger partial charge in [-0.1, -0.05) is 32.1 Å². The number of ether oxygens (including phenoxy) is 2. The zero-order valence-corrected chi connectivity index (χ0v) is 10.3. The van der Waals surface area contributed by atoms with Gasteiger partial charge in [-0.3, -0.25) is 4.79 Å². The molecule has 0 N–H and O–H groups in total. The third-order valence-corrected chi connectivity index (χ3v) is 2.18. The summed E-state index contributed by atoms with van der Waals surface area (Å²) in [5, 5.41) is 0. The molecule has 0 aliphatic heterocycles. The summed E-state index contributed by atoms with van der Waals surface area (Å²) in [4.78, 5) is 22.6. The summed E-state index contributed by atoms with van der Waals surface area (Å²) in [6.07, 6.45) is 3.09. The van der Waals surface area contributed by atoms with Gasteiger partial charge in [-0.25, -0.2) is 4.79 Å². The minimum Gasteiger partial charge on any atom is -0.423 e. The van der Waals surface area contributed by atoms with Gasteiger partial charge in [0.2, 0.25) is 0 Å². The average Bonchev–Trinajstić information content (AvgIpc) is 2.38. The summed E-state index contributed by atoms with van der Waals surface area (Å²) in [6.45, 7) is 5.30. The second-order valence-electron chi connectivity index (χ2n) is 3.65. The maximum Gasteiger partial charge on any atom is 0.335 e. The number of benzene rings is 1. The lowest BCUT2D eigenvalue weighted by atomic mass is 10.2. The highest BCUT2D eigenvalue weighted by atomic mass is 16.6.